The van der Waals surface area contributed by atoms with Crippen LogP contribution in [0, 0.1) is 17.8 Å². The summed E-state index contributed by atoms with van der Waals surface area (Å²) in [4.78, 5) is 24.6. The molecule has 1 aliphatic heterocycles. The number of piperidine rings is 1. The number of rotatable bonds is 6. The first-order chi connectivity index (χ1) is 17.1. The second-order valence-corrected chi connectivity index (χ2v) is 8.72. The fourth-order valence-corrected chi connectivity index (χ4v) is 4.57. The van der Waals surface area contributed by atoms with E-state index in [9.17, 15) is 4.79 Å². The van der Waals surface area contributed by atoms with Crippen molar-refractivity contribution in [3.05, 3.63) is 71.4 Å². The summed E-state index contributed by atoms with van der Waals surface area (Å²) in [6.07, 6.45) is 3.44. The number of benzene rings is 2. The Bertz CT molecular complexity index is 1420. The highest BCUT2D eigenvalue weighted by molar-refractivity contribution is 5.84. The molecular formula is C27H28N6O2. The van der Waals surface area contributed by atoms with Gasteiger partial charge in [0.05, 0.1) is 12.2 Å². The van der Waals surface area contributed by atoms with Gasteiger partial charge >= 0.3 is 5.69 Å². The van der Waals surface area contributed by atoms with Crippen LogP contribution in [0.2, 0.25) is 0 Å². The Morgan fingerprint density at radius 2 is 1.74 bits per heavy atom. The zero-order valence-corrected chi connectivity index (χ0v) is 19.7. The zero-order valence-electron chi connectivity index (χ0n) is 19.7. The maximum absolute atomic E-state index is 13.6. The van der Waals surface area contributed by atoms with Crippen molar-refractivity contribution in [2.24, 2.45) is 5.92 Å². The largest absolute Gasteiger partial charge is 0.457 e. The molecule has 35 heavy (non-hydrogen) atoms. The van der Waals surface area contributed by atoms with E-state index in [4.69, 9.17) is 10.5 Å². The Kier molecular flexibility index (Phi) is 6.51. The van der Waals surface area contributed by atoms with Crippen LogP contribution in [0.3, 0.4) is 0 Å². The van der Waals surface area contributed by atoms with Gasteiger partial charge in [-0.05, 0) is 75.2 Å². The SMILES string of the molecule is CC#CCN1CCC(Cn2c(=O)n(-c3ccc(Oc4ccccc4)cc3)c3c(N)ncnc32)CC1. The second kappa shape index (κ2) is 10.0. The molecule has 0 spiro atoms. The summed E-state index contributed by atoms with van der Waals surface area (Å²) in [7, 11) is 0. The highest BCUT2D eigenvalue weighted by Gasteiger charge is 2.24. The Labute approximate surface area is 204 Å². The molecule has 0 atom stereocenters. The molecule has 0 aliphatic carbocycles. The van der Waals surface area contributed by atoms with Gasteiger partial charge in [0.2, 0.25) is 0 Å². The standard InChI is InChI=1S/C27H28N6O2/c1-2-3-15-31-16-13-20(14-17-31)18-32-26-24(25(28)29-19-30-26)33(27(32)34)21-9-11-23(12-10-21)35-22-7-5-4-6-8-22/h4-12,19-20H,13-18H2,1H3,(H2,28,29,30). The molecule has 8 nitrogen and oxygen atoms in total. The average Bonchev–Trinajstić information content (AvgIpc) is 3.17. The van der Waals surface area contributed by atoms with Crippen molar-refractivity contribution in [1.82, 2.24) is 24.0 Å². The topological polar surface area (TPSA) is 91.2 Å². The van der Waals surface area contributed by atoms with Gasteiger partial charge < -0.3 is 10.5 Å². The molecule has 1 aliphatic rings. The number of imidazole rings is 1. The van der Waals surface area contributed by atoms with E-state index in [0.717, 1.165) is 38.2 Å². The highest BCUT2D eigenvalue weighted by Crippen LogP contribution is 2.26. The minimum Gasteiger partial charge on any atom is -0.457 e. The number of hydrogen-bond acceptors (Lipinski definition) is 6. The van der Waals surface area contributed by atoms with Crippen molar-refractivity contribution in [3.8, 4) is 29.0 Å². The van der Waals surface area contributed by atoms with Gasteiger partial charge in [-0.3, -0.25) is 14.0 Å². The van der Waals surface area contributed by atoms with Crippen molar-refractivity contribution in [2.45, 2.75) is 26.3 Å². The van der Waals surface area contributed by atoms with Gasteiger partial charge in [-0.15, -0.1) is 5.92 Å². The number of para-hydroxylation sites is 1. The summed E-state index contributed by atoms with van der Waals surface area (Å²) < 4.78 is 9.24. The fraction of sp³-hybridized carbons (Fsp3) is 0.296. The van der Waals surface area contributed by atoms with E-state index < -0.39 is 0 Å². The summed E-state index contributed by atoms with van der Waals surface area (Å²) >= 11 is 0. The molecule has 0 bridgehead atoms. The summed E-state index contributed by atoms with van der Waals surface area (Å²) in [5.41, 5.74) is 7.86. The number of aromatic nitrogens is 4. The number of likely N-dealkylation sites (tertiary alicyclic amines) is 1. The Balaban J connectivity index is 1.43. The third-order valence-electron chi connectivity index (χ3n) is 6.43. The van der Waals surface area contributed by atoms with Gasteiger partial charge in [0, 0.05) is 6.54 Å². The minimum absolute atomic E-state index is 0.164. The molecule has 4 aromatic rings. The maximum atomic E-state index is 13.6. The van der Waals surface area contributed by atoms with Gasteiger partial charge in [0.15, 0.2) is 11.5 Å². The molecule has 0 amide bonds. The molecular weight excluding hydrogens is 440 g/mol. The van der Waals surface area contributed by atoms with Crippen LogP contribution < -0.4 is 16.2 Å². The lowest BCUT2D eigenvalue weighted by atomic mass is 9.97. The lowest BCUT2D eigenvalue weighted by Crippen LogP contribution is -2.36. The van der Waals surface area contributed by atoms with Crippen molar-refractivity contribution in [3.63, 3.8) is 0 Å². The van der Waals surface area contributed by atoms with Crippen LogP contribution in [0.4, 0.5) is 5.82 Å². The molecule has 2 aromatic heterocycles. The maximum Gasteiger partial charge on any atom is 0.335 e. The number of anilines is 1. The Morgan fingerprint density at radius 3 is 2.46 bits per heavy atom. The monoisotopic (exact) mass is 468 g/mol. The molecule has 2 N–H and O–H groups in total. The fourth-order valence-electron chi connectivity index (χ4n) is 4.57. The molecule has 1 fully saturated rings. The van der Waals surface area contributed by atoms with Gasteiger partial charge in [0.1, 0.15) is 23.3 Å². The van der Waals surface area contributed by atoms with Crippen LogP contribution in [-0.4, -0.2) is 43.6 Å². The second-order valence-electron chi connectivity index (χ2n) is 8.72. The number of ether oxygens (including phenoxy) is 1. The number of nitrogens with two attached hydrogens (primary N) is 1. The van der Waals surface area contributed by atoms with E-state index >= 15 is 0 Å². The van der Waals surface area contributed by atoms with Gasteiger partial charge in [-0.25, -0.2) is 14.8 Å². The summed E-state index contributed by atoms with van der Waals surface area (Å²) in [5.74, 6) is 8.19. The number of nitrogen functional groups attached to an aromatic ring is 1. The quantitative estimate of drug-likeness (QED) is 0.434. The molecule has 2 aromatic carbocycles. The molecule has 178 valence electrons. The van der Waals surface area contributed by atoms with Crippen LogP contribution in [0.15, 0.2) is 65.7 Å². The van der Waals surface area contributed by atoms with Gasteiger partial charge in [0.25, 0.3) is 0 Å². The Morgan fingerprint density at radius 1 is 1.03 bits per heavy atom. The molecule has 1 saturated heterocycles. The predicted octanol–water partition coefficient (Wildman–Crippen LogP) is 3.69. The Hall–Kier alpha value is -4.09. The smallest absolute Gasteiger partial charge is 0.335 e. The molecule has 3 heterocycles. The van der Waals surface area contributed by atoms with Crippen LogP contribution in [0.25, 0.3) is 16.9 Å². The molecule has 5 rings (SSSR count). The number of nitrogens with zero attached hydrogens (tertiary/aromatic N) is 5. The van der Waals surface area contributed by atoms with Crippen molar-refractivity contribution in [2.75, 3.05) is 25.4 Å². The normalized spacial score (nSPS) is 14.5. The van der Waals surface area contributed by atoms with Crippen LogP contribution in [0.1, 0.15) is 19.8 Å². The lowest BCUT2D eigenvalue weighted by Gasteiger charge is -2.30. The van der Waals surface area contributed by atoms with Crippen LogP contribution in [-0.2, 0) is 6.54 Å². The first-order valence-electron chi connectivity index (χ1n) is 11.8. The van der Waals surface area contributed by atoms with Crippen molar-refractivity contribution >= 4 is 17.0 Å². The van der Waals surface area contributed by atoms with Crippen LogP contribution >= 0.6 is 0 Å². The molecule has 8 heteroatoms. The van der Waals surface area contributed by atoms with Crippen molar-refractivity contribution in [1.29, 1.82) is 0 Å². The van der Waals surface area contributed by atoms with Gasteiger partial charge in [-0.2, -0.15) is 0 Å². The summed E-state index contributed by atoms with van der Waals surface area (Å²) in [6, 6.07) is 17.0. The third-order valence-corrected chi connectivity index (χ3v) is 6.43. The first kappa shape index (κ1) is 22.7. The van der Waals surface area contributed by atoms with Gasteiger partial charge in [-0.1, -0.05) is 24.1 Å². The third kappa shape index (κ3) is 4.77. The predicted molar refractivity (Wildman–Crippen MR) is 137 cm³/mol. The summed E-state index contributed by atoms with van der Waals surface area (Å²) in [5, 5.41) is 0. The van der Waals surface area contributed by atoms with Crippen molar-refractivity contribution < 1.29 is 4.74 Å². The molecule has 0 unspecified atom stereocenters. The number of fused-ring (bicyclic) bond motifs is 1. The van der Waals surface area contributed by atoms with Crippen LogP contribution in [0.5, 0.6) is 11.5 Å². The van der Waals surface area contributed by atoms with E-state index in [0.29, 0.717) is 35.1 Å². The zero-order chi connectivity index (χ0) is 24.2. The first-order valence-corrected chi connectivity index (χ1v) is 11.8. The van der Waals surface area contributed by atoms with E-state index in [1.165, 1.54) is 6.33 Å². The lowest BCUT2D eigenvalue weighted by molar-refractivity contribution is 0.190. The van der Waals surface area contributed by atoms with E-state index in [-0.39, 0.29) is 11.5 Å². The minimum atomic E-state index is -0.164. The van der Waals surface area contributed by atoms with E-state index in [1.807, 2.05) is 61.5 Å². The van der Waals surface area contributed by atoms with E-state index in [1.54, 1.807) is 9.13 Å². The number of hydrogen-bond donors (Lipinski definition) is 1. The highest BCUT2D eigenvalue weighted by atomic mass is 16.5. The molecule has 0 radical (unpaired) electrons. The molecule has 0 saturated carbocycles. The summed E-state index contributed by atoms with van der Waals surface area (Å²) in [6.45, 7) is 5.23. The van der Waals surface area contributed by atoms with E-state index in [2.05, 4.69) is 26.7 Å². The average molecular weight is 469 g/mol.